The number of nitrogens with two attached hydrogens (primary N) is 1. The zero-order valence-corrected chi connectivity index (χ0v) is 13.1. The average Bonchev–Trinajstić information content (AvgIpc) is 2.67. The summed E-state index contributed by atoms with van der Waals surface area (Å²) in [5.74, 6) is 0.804. The molecule has 2 N–H and O–H groups in total. The first-order valence-electron chi connectivity index (χ1n) is 8.23. The van der Waals surface area contributed by atoms with Crippen molar-refractivity contribution in [3.05, 3.63) is 0 Å². The summed E-state index contributed by atoms with van der Waals surface area (Å²) in [6.45, 7) is 6.43. The zero-order valence-electron chi connectivity index (χ0n) is 13.1. The van der Waals surface area contributed by atoms with Gasteiger partial charge in [0.05, 0.1) is 5.60 Å². The molecule has 0 radical (unpaired) electrons. The minimum absolute atomic E-state index is 0.152. The summed E-state index contributed by atoms with van der Waals surface area (Å²) in [4.78, 5) is 14.5. The van der Waals surface area contributed by atoms with E-state index in [1.54, 1.807) is 0 Å². The van der Waals surface area contributed by atoms with Gasteiger partial charge >= 0.3 is 0 Å². The second kappa shape index (κ2) is 6.90. The fourth-order valence-electron chi connectivity index (χ4n) is 3.66. The molecule has 3 atom stereocenters. The number of amides is 1. The molecule has 4 heteroatoms. The summed E-state index contributed by atoms with van der Waals surface area (Å²) < 4.78 is 6.16. The summed E-state index contributed by atoms with van der Waals surface area (Å²) in [6, 6.07) is 0. The molecule has 1 saturated heterocycles. The number of ether oxygens (including phenoxy) is 1. The topological polar surface area (TPSA) is 55.6 Å². The van der Waals surface area contributed by atoms with Gasteiger partial charge in [0.15, 0.2) is 0 Å². The molecule has 0 aromatic heterocycles. The number of hydrogen-bond acceptors (Lipinski definition) is 3. The molecule has 1 heterocycles. The van der Waals surface area contributed by atoms with Crippen molar-refractivity contribution < 1.29 is 9.53 Å². The molecule has 0 aromatic carbocycles. The van der Waals surface area contributed by atoms with Crippen LogP contribution in [0.4, 0.5) is 0 Å². The van der Waals surface area contributed by atoms with Crippen LogP contribution < -0.4 is 5.73 Å². The van der Waals surface area contributed by atoms with Gasteiger partial charge in [-0.1, -0.05) is 19.8 Å². The molecular weight excluding hydrogens is 252 g/mol. The van der Waals surface area contributed by atoms with Crippen molar-refractivity contribution in [2.45, 2.75) is 70.5 Å². The summed E-state index contributed by atoms with van der Waals surface area (Å²) in [5, 5.41) is 0. The van der Waals surface area contributed by atoms with Gasteiger partial charge in [0.1, 0.15) is 6.10 Å². The maximum Gasteiger partial charge on any atom is 0.251 e. The van der Waals surface area contributed by atoms with Crippen LogP contribution in [0.2, 0.25) is 0 Å². The second-order valence-corrected chi connectivity index (χ2v) is 6.73. The van der Waals surface area contributed by atoms with Crippen molar-refractivity contribution in [1.29, 1.82) is 0 Å². The van der Waals surface area contributed by atoms with E-state index >= 15 is 0 Å². The molecule has 20 heavy (non-hydrogen) atoms. The highest BCUT2D eigenvalue weighted by atomic mass is 16.5. The molecular formula is C16H30N2O2. The van der Waals surface area contributed by atoms with E-state index in [0.29, 0.717) is 12.5 Å². The maximum atomic E-state index is 12.5. The highest BCUT2D eigenvalue weighted by Gasteiger charge is 2.40. The van der Waals surface area contributed by atoms with Crippen LogP contribution >= 0.6 is 0 Å². The Labute approximate surface area is 123 Å². The molecule has 0 spiro atoms. The van der Waals surface area contributed by atoms with Gasteiger partial charge < -0.3 is 15.4 Å². The van der Waals surface area contributed by atoms with Gasteiger partial charge in [0.25, 0.3) is 5.91 Å². The second-order valence-electron chi connectivity index (χ2n) is 6.73. The molecule has 3 unspecified atom stereocenters. The summed E-state index contributed by atoms with van der Waals surface area (Å²) in [5.41, 5.74) is 5.67. The predicted octanol–water partition coefficient (Wildman–Crippen LogP) is 2.31. The van der Waals surface area contributed by atoms with Crippen molar-refractivity contribution in [3.8, 4) is 0 Å². The van der Waals surface area contributed by atoms with Crippen molar-refractivity contribution >= 4 is 5.91 Å². The van der Waals surface area contributed by atoms with Gasteiger partial charge in [-0.3, -0.25) is 4.79 Å². The summed E-state index contributed by atoms with van der Waals surface area (Å²) >= 11 is 0. The van der Waals surface area contributed by atoms with E-state index in [2.05, 4.69) is 6.92 Å². The van der Waals surface area contributed by atoms with E-state index in [0.717, 1.165) is 45.2 Å². The Morgan fingerprint density at radius 2 is 2.00 bits per heavy atom. The molecule has 1 saturated carbocycles. The average molecular weight is 282 g/mol. The van der Waals surface area contributed by atoms with Crippen LogP contribution in [0, 0.1) is 5.92 Å². The number of carbonyl (C=O) groups is 1. The Hall–Kier alpha value is -0.610. The van der Waals surface area contributed by atoms with Crippen LogP contribution in [0.15, 0.2) is 0 Å². The third-order valence-electron chi connectivity index (χ3n) is 4.88. The SMILES string of the molecule is CC1CCC(CN)(OC(C)C(=O)N2CCCCCC2)C1. The highest BCUT2D eigenvalue weighted by molar-refractivity contribution is 5.80. The molecule has 0 bridgehead atoms. The largest absolute Gasteiger partial charge is 0.361 e. The minimum atomic E-state index is -0.359. The summed E-state index contributed by atoms with van der Waals surface area (Å²) in [6.07, 6.45) is 7.49. The molecule has 0 aromatic rings. The van der Waals surface area contributed by atoms with Crippen LogP contribution in [-0.2, 0) is 9.53 Å². The van der Waals surface area contributed by atoms with Crippen molar-refractivity contribution in [2.75, 3.05) is 19.6 Å². The number of carbonyl (C=O) groups excluding carboxylic acids is 1. The monoisotopic (exact) mass is 282 g/mol. The Kier molecular flexibility index (Phi) is 5.44. The minimum Gasteiger partial charge on any atom is -0.361 e. The first kappa shape index (κ1) is 15.8. The molecule has 2 fully saturated rings. The normalized spacial score (nSPS) is 33.0. The van der Waals surface area contributed by atoms with E-state index in [-0.39, 0.29) is 17.6 Å². The lowest BCUT2D eigenvalue weighted by atomic mass is 10.0. The predicted molar refractivity (Wildman–Crippen MR) is 80.4 cm³/mol. The van der Waals surface area contributed by atoms with Gasteiger partial charge in [-0.2, -0.15) is 0 Å². The Balaban J connectivity index is 1.92. The lowest BCUT2D eigenvalue weighted by Gasteiger charge is -2.33. The maximum absolute atomic E-state index is 12.5. The van der Waals surface area contributed by atoms with Crippen molar-refractivity contribution in [2.24, 2.45) is 11.7 Å². The highest BCUT2D eigenvalue weighted by Crippen LogP contribution is 2.37. The number of likely N-dealkylation sites (tertiary alicyclic amines) is 1. The standard InChI is InChI=1S/C16H30N2O2/c1-13-7-8-16(11-13,12-17)20-14(2)15(19)18-9-5-3-4-6-10-18/h13-14H,3-12,17H2,1-2H3. The fraction of sp³-hybridized carbons (Fsp3) is 0.938. The van der Waals surface area contributed by atoms with Crippen molar-refractivity contribution in [3.63, 3.8) is 0 Å². The smallest absolute Gasteiger partial charge is 0.251 e. The van der Waals surface area contributed by atoms with Crippen LogP contribution in [-0.4, -0.2) is 42.1 Å². The quantitative estimate of drug-likeness (QED) is 0.861. The lowest BCUT2D eigenvalue weighted by molar-refractivity contribution is -0.154. The third kappa shape index (κ3) is 3.73. The van der Waals surface area contributed by atoms with E-state index in [4.69, 9.17) is 10.5 Å². The van der Waals surface area contributed by atoms with Gasteiger partial charge in [0.2, 0.25) is 0 Å². The molecule has 1 amide bonds. The number of rotatable bonds is 4. The van der Waals surface area contributed by atoms with E-state index in [1.807, 2.05) is 11.8 Å². The third-order valence-corrected chi connectivity index (χ3v) is 4.88. The first-order chi connectivity index (χ1) is 9.56. The van der Waals surface area contributed by atoms with E-state index in [9.17, 15) is 4.79 Å². The van der Waals surface area contributed by atoms with Crippen LogP contribution in [0.25, 0.3) is 0 Å². The molecule has 2 rings (SSSR count). The molecule has 1 aliphatic heterocycles. The van der Waals surface area contributed by atoms with Crippen LogP contribution in [0.3, 0.4) is 0 Å². The number of hydrogen-bond donors (Lipinski definition) is 1. The van der Waals surface area contributed by atoms with E-state index < -0.39 is 0 Å². The first-order valence-corrected chi connectivity index (χ1v) is 8.23. The Bertz CT molecular complexity index is 326. The lowest BCUT2D eigenvalue weighted by Crippen LogP contribution is -2.47. The Morgan fingerprint density at radius 1 is 1.35 bits per heavy atom. The zero-order chi connectivity index (χ0) is 14.6. The van der Waals surface area contributed by atoms with Crippen LogP contribution in [0.1, 0.15) is 58.8 Å². The van der Waals surface area contributed by atoms with Gasteiger partial charge in [-0.25, -0.2) is 0 Å². The fourth-order valence-corrected chi connectivity index (χ4v) is 3.66. The van der Waals surface area contributed by atoms with Gasteiger partial charge in [0, 0.05) is 19.6 Å². The number of nitrogens with zero attached hydrogens (tertiary/aromatic N) is 1. The van der Waals surface area contributed by atoms with E-state index in [1.165, 1.54) is 12.8 Å². The van der Waals surface area contributed by atoms with Crippen LogP contribution in [0.5, 0.6) is 0 Å². The van der Waals surface area contributed by atoms with Gasteiger partial charge in [-0.15, -0.1) is 0 Å². The Morgan fingerprint density at radius 3 is 2.50 bits per heavy atom. The van der Waals surface area contributed by atoms with Gasteiger partial charge in [-0.05, 0) is 44.9 Å². The molecule has 116 valence electrons. The van der Waals surface area contributed by atoms with Crippen molar-refractivity contribution in [1.82, 2.24) is 4.90 Å². The molecule has 4 nitrogen and oxygen atoms in total. The summed E-state index contributed by atoms with van der Waals surface area (Å²) in [7, 11) is 0. The molecule has 2 aliphatic rings. The molecule has 1 aliphatic carbocycles.